The number of carbonyl (C=O) groups is 2. The smallest absolute Gasteiger partial charge is 0.329 e. The summed E-state index contributed by atoms with van der Waals surface area (Å²) >= 11 is 0. The number of nitrogens with two attached hydrogens (primary N) is 1. The van der Waals surface area contributed by atoms with Gasteiger partial charge < -0.3 is 9.94 Å². The standard InChI is InChI=1S/C18H35NO4/c1-17(2,15(20)21)13-11-9-7-5-6-8-10-12-14-18(3,4)16(22)23-19/h5-14,19H2,1-4H3,(H,20,21). The van der Waals surface area contributed by atoms with Gasteiger partial charge in [0.05, 0.1) is 10.8 Å². The predicted octanol–water partition coefficient (Wildman–Crippen LogP) is 4.44. The van der Waals surface area contributed by atoms with Crippen LogP contribution in [0.1, 0.15) is 91.9 Å². The number of hydrogen-bond acceptors (Lipinski definition) is 4. The molecule has 0 heterocycles. The lowest BCUT2D eigenvalue weighted by Gasteiger charge is -2.20. The molecular formula is C18H35NO4. The molecule has 0 aliphatic rings. The highest BCUT2D eigenvalue weighted by Crippen LogP contribution is 2.26. The second kappa shape index (κ2) is 10.6. The van der Waals surface area contributed by atoms with E-state index in [1.165, 1.54) is 25.7 Å². The summed E-state index contributed by atoms with van der Waals surface area (Å²) in [5.41, 5.74) is -1.09. The number of carboxylic acid groups (broad SMARTS) is 1. The van der Waals surface area contributed by atoms with E-state index < -0.39 is 16.8 Å². The van der Waals surface area contributed by atoms with Crippen LogP contribution in [0.3, 0.4) is 0 Å². The largest absolute Gasteiger partial charge is 0.481 e. The number of unbranched alkanes of at least 4 members (excludes halogenated alkanes) is 7. The van der Waals surface area contributed by atoms with E-state index in [0.29, 0.717) is 0 Å². The van der Waals surface area contributed by atoms with Crippen molar-refractivity contribution >= 4 is 11.9 Å². The Labute approximate surface area is 140 Å². The van der Waals surface area contributed by atoms with Gasteiger partial charge in [-0.2, -0.15) is 5.90 Å². The fourth-order valence-electron chi connectivity index (χ4n) is 2.56. The van der Waals surface area contributed by atoms with Crippen molar-refractivity contribution in [3.63, 3.8) is 0 Å². The van der Waals surface area contributed by atoms with Crippen LogP contribution in [0.15, 0.2) is 0 Å². The highest BCUT2D eigenvalue weighted by Gasteiger charge is 2.28. The lowest BCUT2D eigenvalue weighted by Crippen LogP contribution is -2.28. The molecule has 5 heteroatoms. The monoisotopic (exact) mass is 329 g/mol. The Balaban J connectivity index is 3.51. The first-order valence-electron chi connectivity index (χ1n) is 8.78. The molecule has 0 rings (SSSR count). The molecule has 0 spiro atoms. The van der Waals surface area contributed by atoms with Crippen molar-refractivity contribution in [2.24, 2.45) is 16.7 Å². The van der Waals surface area contributed by atoms with E-state index in [0.717, 1.165) is 38.5 Å². The third-order valence-electron chi connectivity index (χ3n) is 4.59. The van der Waals surface area contributed by atoms with Gasteiger partial charge in [-0.25, -0.2) is 4.79 Å². The van der Waals surface area contributed by atoms with E-state index in [1.807, 2.05) is 13.8 Å². The van der Waals surface area contributed by atoms with Crippen molar-refractivity contribution in [3.8, 4) is 0 Å². The third kappa shape index (κ3) is 9.59. The molecule has 0 radical (unpaired) electrons. The molecule has 0 atom stereocenters. The molecule has 5 nitrogen and oxygen atoms in total. The van der Waals surface area contributed by atoms with Crippen LogP contribution < -0.4 is 5.90 Å². The molecule has 0 saturated heterocycles. The Hall–Kier alpha value is -1.10. The average Bonchev–Trinajstić information content (AvgIpc) is 2.47. The fraction of sp³-hybridized carbons (Fsp3) is 0.889. The molecule has 0 aromatic rings. The van der Waals surface area contributed by atoms with E-state index >= 15 is 0 Å². The third-order valence-corrected chi connectivity index (χ3v) is 4.59. The van der Waals surface area contributed by atoms with Crippen molar-refractivity contribution in [3.05, 3.63) is 0 Å². The lowest BCUT2D eigenvalue weighted by molar-refractivity contribution is -0.155. The van der Waals surface area contributed by atoms with Gasteiger partial charge in [-0.15, -0.1) is 0 Å². The molecule has 23 heavy (non-hydrogen) atoms. The van der Waals surface area contributed by atoms with Gasteiger partial charge in [0.1, 0.15) is 0 Å². The Morgan fingerprint density at radius 1 is 0.783 bits per heavy atom. The number of hydrogen-bond donors (Lipinski definition) is 2. The molecule has 0 aliphatic carbocycles. The zero-order valence-electron chi connectivity index (χ0n) is 15.3. The quantitative estimate of drug-likeness (QED) is 0.385. The van der Waals surface area contributed by atoms with E-state index in [4.69, 9.17) is 11.0 Å². The van der Waals surface area contributed by atoms with E-state index in [9.17, 15) is 9.59 Å². The number of carbonyl (C=O) groups excluding carboxylic acids is 1. The number of rotatable bonds is 13. The van der Waals surface area contributed by atoms with Gasteiger partial charge in [0.2, 0.25) is 0 Å². The van der Waals surface area contributed by atoms with Gasteiger partial charge >= 0.3 is 11.9 Å². The predicted molar refractivity (Wildman–Crippen MR) is 91.6 cm³/mol. The molecule has 0 aromatic carbocycles. The molecule has 0 unspecified atom stereocenters. The van der Waals surface area contributed by atoms with Gasteiger partial charge in [-0.3, -0.25) is 4.79 Å². The van der Waals surface area contributed by atoms with Crippen molar-refractivity contribution in [2.75, 3.05) is 0 Å². The zero-order chi connectivity index (χ0) is 17.9. The number of aliphatic carboxylic acids is 1. The zero-order valence-corrected chi connectivity index (χ0v) is 15.3. The first kappa shape index (κ1) is 21.9. The molecule has 0 fully saturated rings. The first-order valence-corrected chi connectivity index (χ1v) is 8.78. The van der Waals surface area contributed by atoms with Crippen molar-refractivity contribution in [1.82, 2.24) is 0 Å². The van der Waals surface area contributed by atoms with Gasteiger partial charge in [0.15, 0.2) is 0 Å². The minimum absolute atomic E-state index is 0.346. The molecule has 0 saturated carbocycles. The van der Waals surface area contributed by atoms with Gasteiger partial charge in [0, 0.05) is 0 Å². The second-order valence-corrected chi connectivity index (χ2v) is 7.81. The summed E-state index contributed by atoms with van der Waals surface area (Å²) in [5.74, 6) is 3.87. The Morgan fingerprint density at radius 3 is 1.48 bits per heavy atom. The minimum Gasteiger partial charge on any atom is -0.481 e. The lowest BCUT2D eigenvalue weighted by atomic mass is 9.86. The second-order valence-electron chi connectivity index (χ2n) is 7.81. The minimum atomic E-state index is -0.709. The van der Waals surface area contributed by atoms with Crippen LogP contribution in [-0.2, 0) is 14.4 Å². The van der Waals surface area contributed by atoms with Crippen LogP contribution in [0.25, 0.3) is 0 Å². The van der Waals surface area contributed by atoms with Crippen LogP contribution in [0, 0.1) is 10.8 Å². The first-order chi connectivity index (χ1) is 10.6. The Bertz CT molecular complexity index is 364. The SMILES string of the molecule is CC(C)(CCCCCCCCCCC(C)(C)C(=O)ON)C(=O)O. The summed E-state index contributed by atoms with van der Waals surface area (Å²) in [5, 5.41) is 9.04. The highest BCUT2D eigenvalue weighted by molar-refractivity contribution is 5.75. The van der Waals surface area contributed by atoms with Crippen LogP contribution in [-0.4, -0.2) is 17.0 Å². The maximum atomic E-state index is 11.4. The molecule has 3 N–H and O–H groups in total. The summed E-state index contributed by atoms with van der Waals surface area (Å²) < 4.78 is 0. The van der Waals surface area contributed by atoms with E-state index in [-0.39, 0.29) is 5.97 Å². The molecular weight excluding hydrogens is 294 g/mol. The molecule has 0 bridgehead atoms. The van der Waals surface area contributed by atoms with Crippen molar-refractivity contribution < 1.29 is 19.5 Å². The Morgan fingerprint density at radius 2 is 1.13 bits per heavy atom. The topological polar surface area (TPSA) is 89.6 Å². The Kier molecular flexibility index (Phi) is 10.1. The van der Waals surface area contributed by atoms with Crippen LogP contribution in [0.2, 0.25) is 0 Å². The summed E-state index contributed by atoms with van der Waals surface area (Å²) in [6.45, 7) is 7.30. The van der Waals surface area contributed by atoms with Crippen LogP contribution in [0.4, 0.5) is 0 Å². The van der Waals surface area contributed by atoms with Crippen molar-refractivity contribution in [1.29, 1.82) is 0 Å². The van der Waals surface area contributed by atoms with E-state index in [2.05, 4.69) is 4.84 Å². The average molecular weight is 329 g/mol. The fourth-order valence-corrected chi connectivity index (χ4v) is 2.56. The maximum Gasteiger partial charge on any atom is 0.329 e. The van der Waals surface area contributed by atoms with Crippen LogP contribution in [0.5, 0.6) is 0 Å². The van der Waals surface area contributed by atoms with Crippen molar-refractivity contribution in [2.45, 2.75) is 91.9 Å². The molecule has 0 aliphatic heterocycles. The van der Waals surface area contributed by atoms with Crippen LogP contribution >= 0.6 is 0 Å². The summed E-state index contributed by atoms with van der Waals surface area (Å²) in [6.07, 6.45) is 10.5. The number of carboxylic acids is 1. The summed E-state index contributed by atoms with van der Waals surface area (Å²) in [7, 11) is 0. The highest BCUT2D eigenvalue weighted by atomic mass is 16.7. The van der Waals surface area contributed by atoms with Gasteiger partial charge in [-0.05, 0) is 40.5 Å². The van der Waals surface area contributed by atoms with Gasteiger partial charge in [-0.1, -0.05) is 51.4 Å². The molecule has 136 valence electrons. The maximum absolute atomic E-state index is 11.4. The van der Waals surface area contributed by atoms with Gasteiger partial charge in [0.25, 0.3) is 0 Å². The summed E-state index contributed by atoms with van der Waals surface area (Å²) in [6, 6.07) is 0. The molecule has 0 amide bonds. The summed E-state index contributed by atoms with van der Waals surface area (Å²) in [4.78, 5) is 26.7. The normalized spacial score (nSPS) is 12.2. The van der Waals surface area contributed by atoms with E-state index in [1.54, 1.807) is 13.8 Å². The molecule has 0 aromatic heterocycles.